The van der Waals surface area contributed by atoms with Crippen molar-refractivity contribution >= 4 is 23.6 Å². The van der Waals surface area contributed by atoms with Gasteiger partial charge in [0.2, 0.25) is 5.91 Å². The molecule has 0 heterocycles. The fraction of sp³-hybridized carbons (Fsp3) is 0.357. The zero-order valence-corrected chi connectivity index (χ0v) is 12.4. The number of carbonyl (C=O) groups excluding carboxylic acids is 2. The largest absolute Gasteiger partial charge is 0.478 e. The minimum atomic E-state index is -1.13. The Bertz CT molecular complexity index is 569. The topological polar surface area (TPSA) is 98.7 Å². The number of anilines is 1. The van der Waals surface area contributed by atoms with Gasteiger partial charge in [0.05, 0.1) is 11.3 Å². The van der Waals surface area contributed by atoms with E-state index in [2.05, 4.69) is 10.6 Å². The van der Waals surface area contributed by atoms with Crippen molar-refractivity contribution in [2.45, 2.75) is 19.9 Å². The van der Waals surface area contributed by atoms with E-state index in [-0.39, 0.29) is 17.2 Å². The van der Waals surface area contributed by atoms with E-state index in [4.69, 9.17) is 5.11 Å². The Labute approximate surface area is 122 Å². The fourth-order valence-corrected chi connectivity index (χ4v) is 1.81. The quantitative estimate of drug-likeness (QED) is 0.779. The minimum absolute atomic E-state index is 0.00302. The molecule has 1 unspecified atom stereocenters. The SMILES string of the molecule is Cc1cccc(C(=O)O)c1NC(=O)NC(C)C(=O)N(C)C. The highest BCUT2D eigenvalue weighted by molar-refractivity contribution is 6.01. The monoisotopic (exact) mass is 293 g/mol. The van der Waals surface area contributed by atoms with Crippen molar-refractivity contribution in [2.24, 2.45) is 0 Å². The molecule has 0 saturated heterocycles. The van der Waals surface area contributed by atoms with Crippen LogP contribution < -0.4 is 10.6 Å². The number of nitrogens with one attached hydrogen (secondary N) is 2. The van der Waals surface area contributed by atoms with Gasteiger partial charge in [0.15, 0.2) is 0 Å². The molecule has 1 aromatic rings. The molecule has 7 nitrogen and oxygen atoms in total. The summed E-state index contributed by atoms with van der Waals surface area (Å²) in [7, 11) is 3.17. The Hall–Kier alpha value is -2.57. The fourth-order valence-electron chi connectivity index (χ4n) is 1.81. The molecule has 0 aliphatic rings. The summed E-state index contributed by atoms with van der Waals surface area (Å²) in [6.07, 6.45) is 0. The van der Waals surface area contributed by atoms with E-state index in [1.807, 2.05) is 0 Å². The van der Waals surface area contributed by atoms with Gasteiger partial charge in [-0.3, -0.25) is 4.79 Å². The summed E-state index contributed by atoms with van der Waals surface area (Å²) < 4.78 is 0. The maximum atomic E-state index is 11.9. The molecule has 0 aliphatic heterocycles. The van der Waals surface area contributed by atoms with Crippen LogP contribution in [-0.2, 0) is 4.79 Å². The Balaban J connectivity index is 2.85. The first-order valence-corrected chi connectivity index (χ1v) is 6.35. The molecule has 0 spiro atoms. The van der Waals surface area contributed by atoms with Gasteiger partial charge in [-0.05, 0) is 25.5 Å². The van der Waals surface area contributed by atoms with Gasteiger partial charge in [-0.1, -0.05) is 12.1 Å². The number of aromatic carboxylic acids is 1. The molecule has 114 valence electrons. The number of hydrogen-bond acceptors (Lipinski definition) is 3. The minimum Gasteiger partial charge on any atom is -0.478 e. The van der Waals surface area contributed by atoms with Gasteiger partial charge in [-0.15, -0.1) is 0 Å². The van der Waals surface area contributed by atoms with Crippen molar-refractivity contribution in [3.63, 3.8) is 0 Å². The number of amides is 3. The number of para-hydroxylation sites is 1. The average molecular weight is 293 g/mol. The molecule has 0 radical (unpaired) electrons. The summed E-state index contributed by atoms with van der Waals surface area (Å²) in [6, 6.07) is 3.35. The van der Waals surface area contributed by atoms with Crippen LogP contribution in [0, 0.1) is 6.92 Å². The summed E-state index contributed by atoms with van der Waals surface area (Å²) in [6.45, 7) is 3.24. The first-order valence-electron chi connectivity index (χ1n) is 6.35. The van der Waals surface area contributed by atoms with Gasteiger partial charge in [0, 0.05) is 14.1 Å². The lowest BCUT2D eigenvalue weighted by Gasteiger charge is -2.19. The number of rotatable bonds is 4. The Morgan fingerprint density at radius 3 is 2.38 bits per heavy atom. The number of carboxylic acid groups (broad SMARTS) is 1. The van der Waals surface area contributed by atoms with Gasteiger partial charge in [-0.25, -0.2) is 9.59 Å². The van der Waals surface area contributed by atoms with Crippen LogP contribution in [0.25, 0.3) is 0 Å². The second-order valence-electron chi connectivity index (χ2n) is 4.86. The third-order valence-corrected chi connectivity index (χ3v) is 2.90. The third-order valence-electron chi connectivity index (χ3n) is 2.90. The molecule has 21 heavy (non-hydrogen) atoms. The number of likely N-dealkylation sites (N-methyl/N-ethyl adjacent to an activating group) is 1. The molecule has 1 aromatic carbocycles. The van der Waals surface area contributed by atoms with E-state index in [0.717, 1.165) is 0 Å². The molecule has 0 bridgehead atoms. The van der Waals surface area contributed by atoms with Crippen LogP contribution in [0.1, 0.15) is 22.8 Å². The molecule has 7 heteroatoms. The second kappa shape index (κ2) is 6.74. The van der Waals surface area contributed by atoms with Gasteiger partial charge in [0.25, 0.3) is 0 Å². The molecule has 1 atom stereocenters. The summed E-state index contributed by atoms with van der Waals surface area (Å²) in [5.74, 6) is -1.39. The second-order valence-corrected chi connectivity index (χ2v) is 4.86. The molecule has 0 saturated carbocycles. The number of urea groups is 1. The highest BCUT2D eigenvalue weighted by Gasteiger charge is 2.19. The molecule has 3 amide bonds. The lowest BCUT2D eigenvalue weighted by atomic mass is 10.1. The van der Waals surface area contributed by atoms with E-state index < -0.39 is 18.0 Å². The number of nitrogens with zero attached hydrogens (tertiary/aromatic N) is 1. The zero-order valence-electron chi connectivity index (χ0n) is 12.4. The number of carboxylic acids is 1. The summed E-state index contributed by atoms with van der Waals surface area (Å²) >= 11 is 0. The van der Waals surface area contributed by atoms with Gasteiger partial charge < -0.3 is 20.6 Å². The van der Waals surface area contributed by atoms with Gasteiger partial charge in [0.1, 0.15) is 6.04 Å². The van der Waals surface area contributed by atoms with Crippen LogP contribution in [0.4, 0.5) is 10.5 Å². The van der Waals surface area contributed by atoms with Crippen molar-refractivity contribution in [3.05, 3.63) is 29.3 Å². The first kappa shape index (κ1) is 16.5. The number of carbonyl (C=O) groups is 3. The van der Waals surface area contributed by atoms with E-state index in [1.165, 1.54) is 11.0 Å². The van der Waals surface area contributed by atoms with Gasteiger partial charge >= 0.3 is 12.0 Å². The van der Waals surface area contributed by atoms with Crippen molar-refractivity contribution in [2.75, 3.05) is 19.4 Å². The molecule has 0 aromatic heterocycles. The van der Waals surface area contributed by atoms with E-state index in [0.29, 0.717) is 5.56 Å². The lowest BCUT2D eigenvalue weighted by molar-refractivity contribution is -0.130. The van der Waals surface area contributed by atoms with E-state index in [1.54, 1.807) is 40.1 Å². The number of hydrogen-bond donors (Lipinski definition) is 3. The van der Waals surface area contributed by atoms with Crippen LogP contribution in [0.3, 0.4) is 0 Å². The van der Waals surface area contributed by atoms with Crippen molar-refractivity contribution in [1.82, 2.24) is 10.2 Å². The summed E-state index contributed by atoms with van der Waals surface area (Å²) in [4.78, 5) is 36.1. The third kappa shape index (κ3) is 4.20. The molecule has 0 aliphatic carbocycles. The smallest absolute Gasteiger partial charge is 0.337 e. The van der Waals surface area contributed by atoms with Crippen LogP contribution in [-0.4, -0.2) is 48.1 Å². The van der Waals surface area contributed by atoms with Crippen LogP contribution in [0.15, 0.2) is 18.2 Å². The number of aryl methyl sites for hydroxylation is 1. The van der Waals surface area contributed by atoms with E-state index in [9.17, 15) is 14.4 Å². The van der Waals surface area contributed by atoms with Gasteiger partial charge in [-0.2, -0.15) is 0 Å². The Kier molecular flexibility index (Phi) is 5.29. The maximum Gasteiger partial charge on any atom is 0.337 e. The zero-order chi connectivity index (χ0) is 16.2. The molecule has 0 fully saturated rings. The predicted molar refractivity (Wildman–Crippen MR) is 78.4 cm³/mol. The highest BCUT2D eigenvalue weighted by atomic mass is 16.4. The first-order chi connectivity index (χ1) is 9.73. The Morgan fingerprint density at radius 2 is 1.86 bits per heavy atom. The van der Waals surface area contributed by atoms with Crippen LogP contribution >= 0.6 is 0 Å². The number of benzene rings is 1. The summed E-state index contributed by atoms with van der Waals surface area (Å²) in [5, 5.41) is 14.1. The van der Waals surface area contributed by atoms with Crippen LogP contribution in [0.2, 0.25) is 0 Å². The predicted octanol–water partition coefficient (Wildman–Crippen LogP) is 1.29. The molecule has 1 rings (SSSR count). The molecule has 3 N–H and O–H groups in total. The van der Waals surface area contributed by atoms with Crippen molar-refractivity contribution < 1.29 is 19.5 Å². The standard InChI is InChI=1S/C14H19N3O4/c1-8-6-5-7-10(13(19)20)11(8)16-14(21)15-9(2)12(18)17(3)4/h5-7,9H,1-4H3,(H,19,20)(H2,15,16,21). The molecular formula is C14H19N3O4. The maximum absolute atomic E-state index is 11.9. The van der Waals surface area contributed by atoms with Crippen LogP contribution in [0.5, 0.6) is 0 Å². The van der Waals surface area contributed by atoms with Crippen molar-refractivity contribution in [3.8, 4) is 0 Å². The normalized spacial score (nSPS) is 11.4. The highest BCUT2D eigenvalue weighted by Crippen LogP contribution is 2.20. The molecular weight excluding hydrogens is 274 g/mol. The van der Waals surface area contributed by atoms with E-state index >= 15 is 0 Å². The lowest BCUT2D eigenvalue weighted by Crippen LogP contribution is -2.46. The summed E-state index contributed by atoms with van der Waals surface area (Å²) in [5.41, 5.74) is 0.834. The average Bonchev–Trinajstić information content (AvgIpc) is 2.39. The van der Waals surface area contributed by atoms with Crippen molar-refractivity contribution in [1.29, 1.82) is 0 Å². The Morgan fingerprint density at radius 1 is 1.24 bits per heavy atom.